The Kier molecular flexibility index (Phi) is 5.73. The highest BCUT2D eigenvalue weighted by Crippen LogP contribution is 2.27. The van der Waals surface area contributed by atoms with Crippen LogP contribution in [0.15, 0.2) is 76.3 Å². The van der Waals surface area contributed by atoms with Crippen molar-refractivity contribution in [3.8, 4) is 5.75 Å². The van der Waals surface area contributed by atoms with E-state index in [1.165, 1.54) is 0 Å². The van der Waals surface area contributed by atoms with E-state index in [0.717, 1.165) is 5.56 Å². The van der Waals surface area contributed by atoms with E-state index in [-0.39, 0.29) is 5.96 Å². The zero-order valence-electron chi connectivity index (χ0n) is 14.6. The molecule has 0 atom stereocenters. The summed E-state index contributed by atoms with van der Waals surface area (Å²) in [5, 5.41) is 2.98. The minimum atomic E-state index is -0.537. The van der Waals surface area contributed by atoms with Gasteiger partial charge in [0.15, 0.2) is 5.96 Å². The molecule has 0 saturated carbocycles. The van der Waals surface area contributed by atoms with Crippen LogP contribution in [0.5, 0.6) is 5.75 Å². The minimum absolute atomic E-state index is 0.197. The molecule has 2 aromatic carbocycles. The first-order chi connectivity index (χ1) is 13.1. The SMILES string of the molecule is NC(=O)c1ccc(NC(N)=NCc2ccco2)c(OCc2ccccc2)c1. The number of rotatable bonds is 7. The van der Waals surface area contributed by atoms with Crippen LogP contribution < -0.4 is 21.5 Å². The van der Waals surface area contributed by atoms with E-state index in [4.69, 9.17) is 20.6 Å². The molecule has 0 fully saturated rings. The average Bonchev–Trinajstić information content (AvgIpc) is 3.20. The number of primary amides is 1. The Balaban J connectivity index is 1.76. The van der Waals surface area contributed by atoms with Gasteiger partial charge in [-0.25, -0.2) is 4.99 Å². The third-order valence-electron chi connectivity index (χ3n) is 3.75. The molecule has 27 heavy (non-hydrogen) atoms. The van der Waals surface area contributed by atoms with E-state index in [0.29, 0.717) is 35.9 Å². The molecule has 0 aliphatic heterocycles. The van der Waals surface area contributed by atoms with Crippen molar-refractivity contribution >= 4 is 17.6 Å². The molecular formula is C20H20N4O3. The second kappa shape index (κ2) is 8.57. The molecule has 0 spiro atoms. The van der Waals surface area contributed by atoms with Crippen molar-refractivity contribution in [3.05, 3.63) is 83.8 Å². The highest BCUT2D eigenvalue weighted by molar-refractivity contribution is 5.97. The Bertz CT molecular complexity index is 922. The second-order valence-corrected chi connectivity index (χ2v) is 5.76. The molecule has 7 heteroatoms. The van der Waals surface area contributed by atoms with Gasteiger partial charge in [-0.05, 0) is 35.9 Å². The average molecular weight is 364 g/mol. The molecular weight excluding hydrogens is 344 g/mol. The first kappa shape index (κ1) is 18.1. The first-order valence-electron chi connectivity index (χ1n) is 8.32. The van der Waals surface area contributed by atoms with Gasteiger partial charge in [-0.15, -0.1) is 0 Å². The Hall–Kier alpha value is -3.74. The predicted molar refractivity (Wildman–Crippen MR) is 103 cm³/mol. The van der Waals surface area contributed by atoms with E-state index in [2.05, 4.69) is 10.3 Å². The van der Waals surface area contributed by atoms with Crippen molar-refractivity contribution in [2.24, 2.45) is 16.5 Å². The van der Waals surface area contributed by atoms with Crippen LogP contribution >= 0.6 is 0 Å². The minimum Gasteiger partial charge on any atom is -0.487 e. The lowest BCUT2D eigenvalue weighted by Crippen LogP contribution is -2.23. The maximum absolute atomic E-state index is 11.5. The van der Waals surface area contributed by atoms with Crippen LogP contribution in [-0.2, 0) is 13.2 Å². The number of guanidine groups is 1. The molecule has 0 saturated heterocycles. The highest BCUT2D eigenvalue weighted by atomic mass is 16.5. The molecule has 1 heterocycles. The van der Waals surface area contributed by atoms with Gasteiger partial charge < -0.3 is 25.9 Å². The largest absolute Gasteiger partial charge is 0.487 e. The molecule has 0 bridgehead atoms. The topological polar surface area (TPSA) is 116 Å². The summed E-state index contributed by atoms with van der Waals surface area (Å²) in [5.41, 5.74) is 13.2. The summed E-state index contributed by atoms with van der Waals surface area (Å²) < 4.78 is 11.1. The third kappa shape index (κ3) is 5.12. The van der Waals surface area contributed by atoms with Gasteiger partial charge in [0.1, 0.15) is 24.7 Å². The summed E-state index contributed by atoms with van der Waals surface area (Å²) in [6.07, 6.45) is 1.58. The molecule has 5 N–H and O–H groups in total. The Morgan fingerprint density at radius 2 is 1.89 bits per heavy atom. The number of furan rings is 1. The maximum atomic E-state index is 11.5. The first-order valence-corrected chi connectivity index (χ1v) is 8.32. The molecule has 0 unspecified atom stereocenters. The lowest BCUT2D eigenvalue weighted by atomic mass is 10.1. The zero-order valence-corrected chi connectivity index (χ0v) is 14.6. The summed E-state index contributed by atoms with van der Waals surface area (Å²) >= 11 is 0. The van der Waals surface area contributed by atoms with Gasteiger partial charge in [0.05, 0.1) is 12.0 Å². The van der Waals surface area contributed by atoms with Gasteiger partial charge in [-0.2, -0.15) is 0 Å². The van der Waals surface area contributed by atoms with E-state index < -0.39 is 5.91 Å². The van der Waals surface area contributed by atoms with Crippen molar-refractivity contribution in [2.45, 2.75) is 13.2 Å². The highest BCUT2D eigenvalue weighted by Gasteiger charge is 2.10. The monoisotopic (exact) mass is 364 g/mol. The number of hydrogen-bond acceptors (Lipinski definition) is 4. The van der Waals surface area contributed by atoms with Gasteiger partial charge in [-0.1, -0.05) is 30.3 Å². The van der Waals surface area contributed by atoms with E-state index in [1.54, 1.807) is 30.5 Å². The number of aliphatic imine (C=N–C) groups is 1. The molecule has 1 aromatic heterocycles. The van der Waals surface area contributed by atoms with Gasteiger partial charge in [0.25, 0.3) is 0 Å². The van der Waals surface area contributed by atoms with Gasteiger partial charge in [0, 0.05) is 5.56 Å². The fraction of sp³-hybridized carbons (Fsp3) is 0.100. The number of amides is 1. The lowest BCUT2D eigenvalue weighted by molar-refractivity contribution is 0.1000. The van der Waals surface area contributed by atoms with E-state index in [1.807, 2.05) is 36.4 Å². The zero-order chi connectivity index (χ0) is 19.1. The molecule has 7 nitrogen and oxygen atoms in total. The Morgan fingerprint density at radius 1 is 1.07 bits per heavy atom. The fourth-order valence-electron chi connectivity index (χ4n) is 2.38. The molecule has 1 amide bonds. The van der Waals surface area contributed by atoms with Gasteiger partial charge >= 0.3 is 0 Å². The molecule has 3 rings (SSSR count). The number of anilines is 1. The molecule has 138 valence electrons. The molecule has 0 aliphatic carbocycles. The van der Waals surface area contributed by atoms with Crippen molar-refractivity contribution in [1.82, 2.24) is 0 Å². The molecule has 3 aromatic rings. The van der Waals surface area contributed by atoms with Crippen LogP contribution in [0.4, 0.5) is 5.69 Å². The van der Waals surface area contributed by atoms with Crippen LogP contribution in [0.1, 0.15) is 21.7 Å². The third-order valence-corrected chi connectivity index (χ3v) is 3.75. The number of nitrogens with two attached hydrogens (primary N) is 2. The second-order valence-electron chi connectivity index (χ2n) is 5.76. The van der Waals surface area contributed by atoms with Gasteiger partial charge in [0.2, 0.25) is 5.91 Å². The summed E-state index contributed by atoms with van der Waals surface area (Å²) in [7, 11) is 0. The van der Waals surface area contributed by atoms with Crippen LogP contribution in [0.2, 0.25) is 0 Å². The molecule has 0 radical (unpaired) electrons. The fourth-order valence-corrected chi connectivity index (χ4v) is 2.38. The summed E-state index contributed by atoms with van der Waals surface area (Å²) in [6.45, 7) is 0.645. The Morgan fingerprint density at radius 3 is 2.59 bits per heavy atom. The Labute approximate surface area is 156 Å². The number of carbonyl (C=O) groups excluding carboxylic acids is 1. The van der Waals surface area contributed by atoms with Crippen LogP contribution in [0, 0.1) is 0 Å². The summed E-state index contributed by atoms with van der Waals surface area (Å²) in [6, 6.07) is 18.1. The van der Waals surface area contributed by atoms with Gasteiger partial charge in [-0.3, -0.25) is 4.79 Å². The number of ether oxygens (including phenoxy) is 1. The maximum Gasteiger partial charge on any atom is 0.248 e. The normalized spacial score (nSPS) is 11.2. The number of nitrogens with one attached hydrogen (secondary N) is 1. The smallest absolute Gasteiger partial charge is 0.248 e. The predicted octanol–water partition coefficient (Wildman–Crippen LogP) is 2.88. The number of nitrogens with zero attached hydrogens (tertiary/aromatic N) is 1. The quantitative estimate of drug-likeness (QED) is 0.440. The molecule has 0 aliphatic rings. The van der Waals surface area contributed by atoms with Crippen molar-refractivity contribution in [2.75, 3.05) is 5.32 Å². The van der Waals surface area contributed by atoms with Crippen molar-refractivity contribution < 1.29 is 13.9 Å². The van der Waals surface area contributed by atoms with Crippen molar-refractivity contribution in [3.63, 3.8) is 0 Å². The summed E-state index contributed by atoms with van der Waals surface area (Å²) in [4.78, 5) is 15.7. The standard InChI is InChI=1S/C20H20N4O3/c21-19(25)15-8-9-17(24-20(22)23-12-16-7-4-10-26-16)18(11-15)27-13-14-5-2-1-3-6-14/h1-11H,12-13H2,(H2,21,25)(H3,22,23,24). The van der Waals surface area contributed by atoms with Crippen molar-refractivity contribution in [1.29, 1.82) is 0 Å². The van der Waals surface area contributed by atoms with Crippen LogP contribution in [-0.4, -0.2) is 11.9 Å². The lowest BCUT2D eigenvalue weighted by Gasteiger charge is -2.14. The number of benzene rings is 2. The van der Waals surface area contributed by atoms with Crippen LogP contribution in [0.25, 0.3) is 0 Å². The van der Waals surface area contributed by atoms with E-state index >= 15 is 0 Å². The summed E-state index contributed by atoms with van der Waals surface area (Å²) in [5.74, 6) is 0.809. The number of carbonyl (C=O) groups is 1. The van der Waals surface area contributed by atoms with Crippen LogP contribution in [0.3, 0.4) is 0 Å². The number of hydrogen-bond donors (Lipinski definition) is 3. The van der Waals surface area contributed by atoms with E-state index in [9.17, 15) is 4.79 Å².